The predicted octanol–water partition coefficient (Wildman–Crippen LogP) is 1.56. The topological polar surface area (TPSA) is 66.5 Å². The fourth-order valence-corrected chi connectivity index (χ4v) is 1.80. The second kappa shape index (κ2) is 4.25. The number of nitrogens with one attached hydrogen (secondary N) is 1. The molecule has 2 rings (SSSR count). The van der Waals surface area contributed by atoms with Crippen molar-refractivity contribution in [3.8, 4) is 0 Å². The smallest absolute Gasteiger partial charge is 0.277 e. The van der Waals surface area contributed by atoms with Gasteiger partial charge in [-0.15, -0.1) is 0 Å². The van der Waals surface area contributed by atoms with Crippen LogP contribution in [0.25, 0.3) is 0 Å². The van der Waals surface area contributed by atoms with E-state index < -0.39 is 30.1 Å². The van der Waals surface area contributed by atoms with Gasteiger partial charge in [-0.2, -0.15) is 0 Å². The van der Waals surface area contributed by atoms with Crippen LogP contribution >= 0.6 is 15.9 Å². The van der Waals surface area contributed by atoms with Gasteiger partial charge in [0, 0.05) is 0 Å². The van der Waals surface area contributed by atoms with E-state index in [-0.39, 0.29) is 10.2 Å². The maximum absolute atomic E-state index is 13.0. The van der Waals surface area contributed by atoms with Gasteiger partial charge in [0.1, 0.15) is 12.2 Å². The molecule has 0 aromatic heterocycles. The Morgan fingerprint density at radius 2 is 2.00 bits per heavy atom. The van der Waals surface area contributed by atoms with Crippen LogP contribution in [0.2, 0.25) is 0 Å². The zero-order chi connectivity index (χ0) is 12.6. The number of nitrogens with zero attached hydrogens (tertiary/aromatic N) is 1. The van der Waals surface area contributed by atoms with Crippen molar-refractivity contribution in [2.75, 3.05) is 4.90 Å². The summed E-state index contributed by atoms with van der Waals surface area (Å²) in [5.74, 6) is -1.79. The largest absolute Gasteiger partial charge is 0.335 e. The van der Waals surface area contributed by atoms with Crippen LogP contribution in [-0.2, 0) is 9.59 Å². The number of carbonyl (C=O) groups is 3. The number of rotatable bonds is 1. The Balaban J connectivity index is 2.38. The van der Waals surface area contributed by atoms with E-state index in [2.05, 4.69) is 15.9 Å². The number of benzene rings is 1. The molecule has 88 valence electrons. The summed E-state index contributed by atoms with van der Waals surface area (Å²) in [4.78, 5) is 34.8. The number of hydrogen-bond donors (Lipinski definition) is 1. The molecule has 1 saturated heterocycles. The average molecular weight is 301 g/mol. The molecular weight excluding hydrogens is 295 g/mol. The van der Waals surface area contributed by atoms with Crippen molar-refractivity contribution < 1.29 is 18.8 Å². The van der Waals surface area contributed by atoms with E-state index in [1.807, 2.05) is 5.32 Å². The number of amides is 4. The fraction of sp³-hybridized carbons (Fsp3) is 0.100. The summed E-state index contributed by atoms with van der Waals surface area (Å²) in [5.41, 5.74) is 0.202. The zero-order valence-corrected chi connectivity index (χ0v) is 9.95. The summed E-state index contributed by atoms with van der Waals surface area (Å²) in [7, 11) is 0. The van der Waals surface area contributed by atoms with Gasteiger partial charge in [-0.1, -0.05) is 0 Å². The van der Waals surface area contributed by atoms with E-state index in [1.165, 1.54) is 12.1 Å². The minimum absolute atomic E-state index is 0.132. The number of halogens is 2. The molecule has 0 bridgehead atoms. The number of anilines is 1. The molecule has 4 amide bonds. The summed E-state index contributed by atoms with van der Waals surface area (Å²) in [6, 6.07) is 2.87. The van der Waals surface area contributed by atoms with E-state index in [9.17, 15) is 18.8 Å². The highest BCUT2D eigenvalue weighted by molar-refractivity contribution is 9.10. The molecule has 0 atom stereocenters. The van der Waals surface area contributed by atoms with Gasteiger partial charge >= 0.3 is 6.03 Å². The monoisotopic (exact) mass is 300 g/mol. The first-order valence-electron chi connectivity index (χ1n) is 4.61. The third-order valence-electron chi connectivity index (χ3n) is 2.17. The minimum atomic E-state index is -0.829. The Morgan fingerprint density at radius 1 is 1.29 bits per heavy atom. The summed E-state index contributed by atoms with van der Waals surface area (Å²) >= 11 is 2.95. The molecule has 0 saturated carbocycles. The molecule has 1 aromatic rings. The van der Waals surface area contributed by atoms with Crippen LogP contribution in [-0.4, -0.2) is 17.8 Å². The highest BCUT2D eigenvalue weighted by atomic mass is 79.9. The van der Waals surface area contributed by atoms with E-state index >= 15 is 0 Å². The van der Waals surface area contributed by atoms with Gasteiger partial charge in [0.05, 0.1) is 10.2 Å². The maximum Gasteiger partial charge on any atom is 0.335 e. The Morgan fingerprint density at radius 3 is 2.59 bits per heavy atom. The molecule has 1 heterocycles. The lowest BCUT2D eigenvalue weighted by atomic mass is 10.2. The lowest BCUT2D eigenvalue weighted by Gasteiger charge is -2.24. The standard InChI is InChI=1S/C10H6BrFN2O3/c11-6-3-5(1-2-7(6)12)14-9(16)4-8(15)13-10(14)17/h1-3H,4H2,(H,13,15,17). The van der Waals surface area contributed by atoms with Crippen molar-refractivity contribution in [2.24, 2.45) is 0 Å². The van der Waals surface area contributed by atoms with Crippen LogP contribution in [0.4, 0.5) is 14.9 Å². The third-order valence-corrected chi connectivity index (χ3v) is 2.78. The summed E-state index contributed by atoms with van der Waals surface area (Å²) in [6.07, 6.45) is -0.402. The molecule has 0 aliphatic carbocycles. The predicted molar refractivity (Wildman–Crippen MR) is 59.7 cm³/mol. The van der Waals surface area contributed by atoms with Crippen molar-refractivity contribution in [1.82, 2.24) is 5.32 Å². The van der Waals surface area contributed by atoms with Crippen molar-refractivity contribution >= 4 is 39.5 Å². The number of hydrogen-bond acceptors (Lipinski definition) is 3. The fourth-order valence-electron chi connectivity index (χ4n) is 1.43. The second-order valence-corrected chi connectivity index (χ2v) is 4.21. The molecule has 5 nitrogen and oxygen atoms in total. The zero-order valence-electron chi connectivity index (χ0n) is 8.37. The van der Waals surface area contributed by atoms with E-state index in [0.717, 1.165) is 11.0 Å². The maximum atomic E-state index is 13.0. The SMILES string of the molecule is O=C1CC(=O)N(c2ccc(F)c(Br)c2)C(=O)N1. The Hall–Kier alpha value is -1.76. The van der Waals surface area contributed by atoms with Crippen LogP contribution < -0.4 is 10.2 Å². The Bertz CT molecular complexity index is 512. The first-order valence-corrected chi connectivity index (χ1v) is 5.40. The first kappa shape index (κ1) is 11.7. The number of barbiturate groups is 1. The van der Waals surface area contributed by atoms with Gasteiger partial charge in [-0.3, -0.25) is 14.9 Å². The molecule has 7 heteroatoms. The summed E-state index contributed by atoms with van der Waals surface area (Å²) in [6.45, 7) is 0. The number of carbonyl (C=O) groups excluding carboxylic acids is 3. The quantitative estimate of drug-likeness (QED) is 0.801. The molecule has 1 aromatic carbocycles. The van der Waals surface area contributed by atoms with Gasteiger partial charge in [0.15, 0.2) is 0 Å². The Kier molecular flexibility index (Phi) is 2.93. The molecule has 1 fully saturated rings. The van der Waals surface area contributed by atoms with Crippen molar-refractivity contribution in [3.05, 3.63) is 28.5 Å². The third kappa shape index (κ3) is 2.19. The molecular formula is C10H6BrFN2O3. The van der Waals surface area contributed by atoms with Crippen LogP contribution in [0.5, 0.6) is 0 Å². The van der Waals surface area contributed by atoms with Crippen molar-refractivity contribution in [3.63, 3.8) is 0 Å². The van der Waals surface area contributed by atoms with Crippen LogP contribution in [0.3, 0.4) is 0 Å². The lowest BCUT2D eigenvalue weighted by molar-refractivity contribution is -0.128. The van der Waals surface area contributed by atoms with Crippen LogP contribution in [0.15, 0.2) is 22.7 Å². The first-order chi connectivity index (χ1) is 7.99. The molecule has 0 unspecified atom stereocenters. The minimum Gasteiger partial charge on any atom is -0.277 e. The van der Waals surface area contributed by atoms with Gasteiger partial charge in [-0.25, -0.2) is 14.1 Å². The van der Waals surface area contributed by atoms with Gasteiger partial charge < -0.3 is 0 Å². The molecule has 0 radical (unpaired) electrons. The highest BCUT2D eigenvalue weighted by Crippen LogP contribution is 2.24. The summed E-state index contributed by atoms with van der Waals surface area (Å²) in [5, 5.41) is 2.01. The number of urea groups is 1. The Labute approximate surface area is 104 Å². The second-order valence-electron chi connectivity index (χ2n) is 3.36. The van der Waals surface area contributed by atoms with E-state index in [0.29, 0.717) is 0 Å². The molecule has 1 N–H and O–H groups in total. The highest BCUT2D eigenvalue weighted by Gasteiger charge is 2.32. The van der Waals surface area contributed by atoms with Gasteiger partial charge in [-0.05, 0) is 34.1 Å². The van der Waals surface area contributed by atoms with Crippen LogP contribution in [0.1, 0.15) is 6.42 Å². The van der Waals surface area contributed by atoms with Gasteiger partial charge in [0.2, 0.25) is 11.8 Å². The molecule has 17 heavy (non-hydrogen) atoms. The number of imide groups is 2. The average Bonchev–Trinajstić information content (AvgIpc) is 2.21. The van der Waals surface area contributed by atoms with E-state index in [4.69, 9.17) is 0 Å². The molecule has 1 aliphatic heterocycles. The van der Waals surface area contributed by atoms with Crippen molar-refractivity contribution in [1.29, 1.82) is 0 Å². The molecule has 0 spiro atoms. The summed E-state index contributed by atoms with van der Waals surface area (Å²) < 4.78 is 13.1. The van der Waals surface area contributed by atoms with E-state index in [1.54, 1.807) is 0 Å². The lowest BCUT2D eigenvalue weighted by Crippen LogP contribution is -2.52. The molecule has 1 aliphatic rings. The normalized spacial score (nSPS) is 16.1. The van der Waals surface area contributed by atoms with Crippen molar-refractivity contribution in [2.45, 2.75) is 6.42 Å². The van der Waals surface area contributed by atoms with Crippen LogP contribution in [0, 0.1) is 5.82 Å². The van der Waals surface area contributed by atoms with Gasteiger partial charge in [0.25, 0.3) is 0 Å².